The van der Waals surface area contributed by atoms with Gasteiger partial charge in [0.1, 0.15) is 17.1 Å². The highest BCUT2D eigenvalue weighted by Crippen LogP contribution is 2.33. The molecule has 0 aliphatic heterocycles. The summed E-state index contributed by atoms with van der Waals surface area (Å²) in [4.78, 5) is 11.6. The molecule has 1 rings (SSSR count). The predicted octanol–water partition coefficient (Wildman–Crippen LogP) is 3.14. The highest BCUT2D eigenvalue weighted by atomic mass is 16.5. The number of benzene rings is 1. The molecule has 0 atom stereocenters. The molecule has 0 radical (unpaired) electrons. The topological polar surface area (TPSA) is 55.8 Å². The molecule has 0 unspecified atom stereocenters. The highest BCUT2D eigenvalue weighted by molar-refractivity contribution is 5.95. The van der Waals surface area contributed by atoms with E-state index >= 15 is 0 Å². The van der Waals surface area contributed by atoms with Crippen LogP contribution in [0.15, 0.2) is 18.2 Å². The van der Waals surface area contributed by atoms with Gasteiger partial charge in [-0.1, -0.05) is 12.2 Å². The molecule has 0 saturated heterocycles. The Balaban J connectivity index is 3.01. The Morgan fingerprint density at radius 3 is 2.68 bits per heavy atom. The van der Waals surface area contributed by atoms with Crippen LogP contribution in [0.2, 0.25) is 0 Å². The zero-order chi connectivity index (χ0) is 14.4. The first kappa shape index (κ1) is 15.1. The zero-order valence-corrected chi connectivity index (χ0v) is 11.8. The predicted molar refractivity (Wildman–Crippen MR) is 73.8 cm³/mol. The molecule has 4 nitrogen and oxygen atoms in total. The number of hydrogen-bond donors (Lipinski definition) is 1. The van der Waals surface area contributed by atoms with Crippen LogP contribution in [-0.4, -0.2) is 24.8 Å². The van der Waals surface area contributed by atoms with Crippen LogP contribution in [0, 0.1) is 13.8 Å². The van der Waals surface area contributed by atoms with Gasteiger partial charge in [-0.2, -0.15) is 0 Å². The number of phenolic OH excluding ortho intramolecular Hbond substituents is 1. The van der Waals surface area contributed by atoms with E-state index < -0.39 is 5.97 Å². The average Bonchev–Trinajstić information content (AvgIpc) is 2.39. The minimum absolute atomic E-state index is 0.0760. The maximum absolute atomic E-state index is 11.6. The van der Waals surface area contributed by atoms with Crippen molar-refractivity contribution in [2.24, 2.45) is 0 Å². The molecule has 104 valence electrons. The molecule has 4 heteroatoms. The van der Waals surface area contributed by atoms with Crippen molar-refractivity contribution in [3.63, 3.8) is 0 Å². The molecule has 0 spiro atoms. The van der Waals surface area contributed by atoms with Crippen molar-refractivity contribution in [1.82, 2.24) is 0 Å². The number of aromatic hydroxyl groups is 1. The highest BCUT2D eigenvalue weighted by Gasteiger charge is 2.19. The zero-order valence-electron chi connectivity index (χ0n) is 11.8. The quantitative estimate of drug-likeness (QED) is 0.504. The third-order valence-electron chi connectivity index (χ3n) is 2.87. The second kappa shape index (κ2) is 6.83. The summed E-state index contributed by atoms with van der Waals surface area (Å²) in [7, 11) is 1.29. The minimum Gasteiger partial charge on any atom is -0.507 e. The van der Waals surface area contributed by atoms with Crippen LogP contribution >= 0.6 is 0 Å². The first-order valence-corrected chi connectivity index (χ1v) is 6.18. The van der Waals surface area contributed by atoms with Gasteiger partial charge < -0.3 is 14.6 Å². The molecule has 0 aromatic heterocycles. The molecule has 0 fully saturated rings. The van der Waals surface area contributed by atoms with Crippen molar-refractivity contribution in [3.8, 4) is 11.5 Å². The van der Waals surface area contributed by atoms with E-state index in [4.69, 9.17) is 4.74 Å². The monoisotopic (exact) mass is 264 g/mol. The summed E-state index contributed by atoms with van der Waals surface area (Å²) in [6.45, 7) is 5.93. The van der Waals surface area contributed by atoms with E-state index in [9.17, 15) is 9.90 Å². The fourth-order valence-electron chi connectivity index (χ4n) is 1.78. The second-order valence-corrected chi connectivity index (χ2v) is 4.24. The second-order valence-electron chi connectivity index (χ2n) is 4.24. The smallest absolute Gasteiger partial charge is 0.341 e. The van der Waals surface area contributed by atoms with Gasteiger partial charge in [0.25, 0.3) is 0 Å². The number of ether oxygens (including phenoxy) is 2. The maximum atomic E-state index is 11.6. The van der Waals surface area contributed by atoms with Crippen LogP contribution in [0.4, 0.5) is 0 Å². The number of carbonyl (C=O) groups excluding carboxylic acids is 1. The van der Waals surface area contributed by atoms with Crippen molar-refractivity contribution >= 4 is 5.97 Å². The fraction of sp³-hybridized carbons (Fsp3) is 0.400. The minimum atomic E-state index is -0.543. The summed E-state index contributed by atoms with van der Waals surface area (Å²) in [5.41, 5.74) is 1.38. The van der Waals surface area contributed by atoms with Crippen LogP contribution in [-0.2, 0) is 4.74 Å². The van der Waals surface area contributed by atoms with Gasteiger partial charge in [0.15, 0.2) is 0 Å². The van der Waals surface area contributed by atoms with Gasteiger partial charge >= 0.3 is 5.97 Å². The molecule has 1 aromatic carbocycles. The number of carbonyl (C=O) groups is 1. The molecule has 0 aliphatic rings. The third kappa shape index (κ3) is 3.50. The standard InChI is InChI=1S/C15H20O4/c1-5-6-7-8-19-12-9-10(2)13(15(17)18-4)14(16)11(12)3/h5-6,9,16H,7-8H2,1-4H3. The van der Waals surface area contributed by atoms with Gasteiger partial charge in [0.2, 0.25) is 0 Å². The maximum Gasteiger partial charge on any atom is 0.341 e. The molecule has 19 heavy (non-hydrogen) atoms. The van der Waals surface area contributed by atoms with Gasteiger partial charge in [0, 0.05) is 5.56 Å². The molecular formula is C15H20O4. The fourth-order valence-corrected chi connectivity index (χ4v) is 1.78. The van der Waals surface area contributed by atoms with Gasteiger partial charge in [-0.05, 0) is 38.8 Å². The van der Waals surface area contributed by atoms with Crippen molar-refractivity contribution in [3.05, 3.63) is 34.9 Å². The number of allylic oxidation sites excluding steroid dienone is 1. The Morgan fingerprint density at radius 2 is 2.11 bits per heavy atom. The molecule has 0 saturated carbocycles. The normalized spacial score (nSPS) is 10.7. The van der Waals surface area contributed by atoms with E-state index in [-0.39, 0.29) is 11.3 Å². The Hall–Kier alpha value is -1.97. The molecule has 1 N–H and O–H groups in total. The summed E-state index contributed by atoms with van der Waals surface area (Å²) in [6.07, 6.45) is 4.76. The van der Waals surface area contributed by atoms with Crippen molar-refractivity contribution in [1.29, 1.82) is 0 Å². The van der Waals surface area contributed by atoms with E-state index in [2.05, 4.69) is 4.74 Å². The molecular weight excluding hydrogens is 244 g/mol. The van der Waals surface area contributed by atoms with E-state index in [0.29, 0.717) is 23.5 Å². The molecule has 0 heterocycles. The third-order valence-corrected chi connectivity index (χ3v) is 2.87. The van der Waals surface area contributed by atoms with Crippen LogP contribution in [0.5, 0.6) is 11.5 Å². The lowest BCUT2D eigenvalue weighted by Gasteiger charge is -2.14. The first-order chi connectivity index (χ1) is 9.02. The molecule has 0 bridgehead atoms. The van der Waals surface area contributed by atoms with E-state index in [1.165, 1.54) is 7.11 Å². The lowest BCUT2D eigenvalue weighted by Crippen LogP contribution is -2.07. The first-order valence-electron chi connectivity index (χ1n) is 6.18. The van der Waals surface area contributed by atoms with Crippen LogP contribution < -0.4 is 4.74 Å². The number of hydrogen-bond acceptors (Lipinski definition) is 4. The largest absolute Gasteiger partial charge is 0.507 e. The summed E-state index contributed by atoms with van der Waals surface area (Å²) >= 11 is 0. The van der Waals surface area contributed by atoms with Crippen molar-refractivity contribution in [2.45, 2.75) is 27.2 Å². The summed E-state index contributed by atoms with van der Waals surface area (Å²) in [6, 6.07) is 1.75. The average molecular weight is 264 g/mol. The Bertz CT molecular complexity index is 489. The van der Waals surface area contributed by atoms with Crippen molar-refractivity contribution < 1.29 is 19.4 Å². The Morgan fingerprint density at radius 1 is 1.42 bits per heavy atom. The van der Waals surface area contributed by atoms with Gasteiger partial charge in [-0.25, -0.2) is 4.79 Å². The number of methoxy groups -OCH3 is 1. The summed E-state index contributed by atoms with van der Waals surface area (Å²) in [5.74, 6) is -0.0291. The molecule has 0 amide bonds. The Labute approximate surface area is 113 Å². The van der Waals surface area contributed by atoms with Gasteiger partial charge in [-0.15, -0.1) is 0 Å². The molecule has 1 aromatic rings. The SMILES string of the molecule is CC=CCCOc1cc(C)c(C(=O)OC)c(O)c1C. The number of aryl methyl sites for hydroxylation is 1. The lowest BCUT2D eigenvalue weighted by atomic mass is 10.0. The van der Waals surface area contributed by atoms with Gasteiger partial charge in [0.05, 0.1) is 13.7 Å². The van der Waals surface area contributed by atoms with E-state index in [0.717, 1.165) is 6.42 Å². The van der Waals surface area contributed by atoms with Crippen LogP contribution in [0.3, 0.4) is 0 Å². The number of rotatable bonds is 5. The van der Waals surface area contributed by atoms with E-state index in [1.807, 2.05) is 19.1 Å². The van der Waals surface area contributed by atoms with E-state index in [1.54, 1.807) is 19.9 Å². The van der Waals surface area contributed by atoms with Crippen LogP contribution in [0.25, 0.3) is 0 Å². The number of esters is 1. The Kier molecular flexibility index (Phi) is 5.42. The number of phenols is 1. The van der Waals surface area contributed by atoms with Crippen molar-refractivity contribution in [2.75, 3.05) is 13.7 Å². The van der Waals surface area contributed by atoms with Crippen LogP contribution in [0.1, 0.15) is 34.8 Å². The summed E-state index contributed by atoms with van der Waals surface area (Å²) < 4.78 is 10.3. The molecule has 0 aliphatic carbocycles. The summed E-state index contributed by atoms with van der Waals surface area (Å²) in [5, 5.41) is 10.1. The lowest BCUT2D eigenvalue weighted by molar-refractivity contribution is 0.0596. The van der Waals surface area contributed by atoms with Gasteiger partial charge in [-0.3, -0.25) is 0 Å².